The smallest absolute Gasteiger partial charge is 0.226 e. The third kappa shape index (κ3) is 3.32. The third-order valence-corrected chi connectivity index (χ3v) is 5.18. The molecule has 0 aromatic rings. The van der Waals surface area contributed by atoms with E-state index in [0.29, 0.717) is 0 Å². The fourth-order valence-electron chi connectivity index (χ4n) is 3.51. The summed E-state index contributed by atoms with van der Waals surface area (Å²) in [6.45, 7) is 3.96. The van der Waals surface area contributed by atoms with Gasteiger partial charge in [-0.05, 0) is 58.0 Å². The first-order valence-electron chi connectivity index (χ1n) is 7.88. The van der Waals surface area contributed by atoms with E-state index in [1.165, 1.54) is 0 Å². The van der Waals surface area contributed by atoms with Gasteiger partial charge in [0.1, 0.15) is 0 Å². The third-order valence-electron chi connectivity index (χ3n) is 5.18. The molecule has 0 radical (unpaired) electrons. The van der Waals surface area contributed by atoms with Gasteiger partial charge in [-0.25, -0.2) is 0 Å². The first-order valence-corrected chi connectivity index (χ1v) is 7.88. The van der Waals surface area contributed by atoms with Gasteiger partial charge < -0.3 is 16.4 Å². The number of amides is 2. The number of carbonyl (C=O) groups is 2. The lowest BCUT2D eigenvalue weighted by Gasteiger charge is -2.37. The number of carbonyl (C=O) groups excluding carboxylic acids is 2. The van der Waals surface area contributed by atoms with E-state index < -0.39 is 0 Å². The summed E-state index contributed by atoms with van der Waals surface area (Å²) in [4.78, 5) is 23.8. The van der Waals surface area contributed by atoms with Crippen LogP contribution in [0, 0.1) is 11.3 Å². The van der Waals surface area contributed by atoms with Gasteiger partial charge in [0.05, 0.1) is 5.41 Å². The van der Waals surface area contributed by atoms with Gasteiger partial charge >= 0.3 is 0 Å². The molecule has 114 valence electrons. The Morgan fingerprint density at radius 2 is 1.80 bits per heavy atom. The van der Waals surface area contributed by atoms with Crippen LogP contribution in [0.3, 0.4) is 0 Å². The topological polar surface area (TPSA) is 84.2 Å². The molecule has 2 amide bonds. The SMILES string of the molecule is CCC1(C(=O)NC2CCC(C(N)=O)CC2)CCNCC1. The summed E-state index contributed by atoms with van der Waals surface area (Å²) in [5, 5.41) is 6.54. The van der Waals surface area contributed by atoms with Crippen LogP contribution in [0.5, 0.6) is 0 Å². The van der Waals surface area contributed by atoms with E-state index in [0.717, 1.165) is 58.0 Å². The van der Waals surface area contributed by atoms with Crippen molar-refractivity contribution >= 4 is 11.8 Å². The van der Waals surface area contributed by atoms with Gasteiger partial charge in [-0.15, -0.1) is 0 Å². The average molecular weight is 281 g/mol. The summed E-state index contributed by atoms with van der Waals surface area (Å²) in [5.41, 5.74) is 5.15. The van der Waals surface area contributed by atoms with Crippen molar-refractivity contribution in [1.82, 2.24) is 10.6 Å². The Bertz CT molecular complexity index is 356. The Morgan fingerprint density at radius 3 is 2.30 bits per heavy atom. The molecule has 0 spiro atoms. The first-order chi connectivity index (χ1) is 9.57. The Kier molecular flexibility index (Phi) is 5.02. The van der Waals surface area contributed by atoms with Crippen LogP contribution in [0.25, 0.3) is 0 Å². The number of hydrogen-bond acceptors (Lipinski definition) is 3. The molecule has 4 N–H and O–H groups in total. The molecule has 0 atom stereocenters. The average Bonchev–Trinajstić information content (AvgIpc) is 2.48. The quantitative estimate of drug-likeness (QED) is 0.716. The molecule has 20 heavy (non-hydrogen) atoms. The van der Waals surface area contributed by atoms with Gasteiger partial charge in [0.15, 0.2) is 0 Å². The molecular formula is C15H27N3O2. The number of primary amides is 1. The Labute approximate surface area is 121 Å². The summed E-state index contributed by atoms with van der Waals surface area (Å²) < 4.78 is 0. The molecule has 1 saturated carbocycles. The monoisotopic (exact) mass is 281 g/mol. The summed E-state index contributed by atoms with van der Waals surface area (Å²) >= 11 is 0. The Hall–Kier alpha value is -1.10. The fourth-order valence-corrected chi connectivity index (χ4v) is 3.51. The van der Waals surface area contributed by atoms with E-state index in [4.69, 9.17) is 5.73 Å². The van der Waals surface area contributed by atoms with Crippen molar-refractivity contribution in [3.8, 4) is 0 Å². The lowest BCUT2D eigenvalue weighted by molar-refractivity contribution is -0.134. The molecule has 0 unspecified atom stereocenters. The van der Waals surface area contributed by atoms with E-state index >= 15 is 0 Å². The molecule has 2 aliphatic rings. The molecular weight excluding hydrogens is 254 g/mol. The fraction of sp³-hybridized carbons (Fsp3) is 0.867. The van der Waals surface area contributed by atoms with Crippen LogP contribution in [0.15, 0.2) is 0 Å². The van der Waals surface area contributed by atoms with Crippen LogP contribution in [0.4, 0.5) is 0 Å². The van der Waals surface area contributed by atoms with Gasteiger partial charge in [-0.2, -0.15) is 0 Å². The molecule has 0 bridgehead atoms. The molecule has 1 aliphatic carbocycles. The van der Waals surface area contributed by atoms with Crippen molar-refractivity contribution in [2.24, 2.45) is 17.1 Å². The minimum absolute atomic E-state index is 0.00201. The number of nitrogens with one attached hydrogen (secondary N) is 2. The van der Waals surface area contributed by atoms with E-state index in [1.54, 1.807) is 0 Å². The van der Waals surface area contributed by atoms with Crippen LogP contribution < -0.4 is 16.4 Å². The maximum Gasteiger partial charge on any atom is 0.226 e. The zero-order valence-electron chi connectivity index (χ0n) is 12.4. The van der Waals surface area contributed by atoms with Gasteiger partial charge in [-0.1, -0.05) is 6.92 Å². The van der Waals surface area contributed by atoms with Crippen molar-refractivity contribution in [3.05, 3.63) is 0 Å². The van der Waals surface area contributed by atoms with Gasteiger partial charge in [-0.3, -0.25) is 9.59 Å². The van der Waals surface area contributed by atoms with Crippen molar-refractivity contribution < 1.29 is 9.59 Å². The molecule has 0 aromatic heterocycles. The minimum atomic E-state index is -0.196. The predicted molar refractivity (Wildman–Crippen MR) is 77.9 cm³/mol. The number of hydrogen-bond donors (Lipinski definition) is 3. The summed E-state index contributed by atoms with van der Waals surface area (Å²) in [6, 6.07) is 0.219. The summed E-state index contributed by atoms with van der Waals surface area (Å²) in [5.74, 6) is 0.0179. The van der Waals surface area contributed by atoms with Crippen LogP contribution in [-0.4, -0.2) is 30.9 Å². The van der Waals surface area contributed by atoms with Crippen LogP contribution in [0.2, 0.25) is 0 Å². The Morgan fingerprint density at radius 1 is 1.20 bits per heavy atom. The zero-order chi connectivity index (χ0) is 14.6. The van der Waals surface area contributed by atoms with E-state index in [1.807, 2.05) is 0 Å². The lowest BCUT2D eigenvalue weighted by Crippen LogP contribution is -2.50. The van der Waals surface area contributed by atoms with Crippen LogP contribution >= 0.6 is 0 Å². The molecule has 0 aromatic carbocycles. The zero-order valence-corrected chi connectivity index (χ0v) is 12.4. The second kappa shape index (κ2) is 6.57. The molecule has 1 aliphatic heterocycles. The van der Waals surface area contributed by atoms with Crippen molar-refractivity contribution in [3.63, 3.8) is 0 Å². The molecule has 2 rings (SSSR count). The highest BCUT2D eigenvalue weighted by molar-refractivity contribution is 5.83. The predicted octanol–water partition coefficient (Wildman–Crippen LogP) is 0.927. The van der Waals surface area contributed by atoms with E-state index in [-0.39, 0.29) is 29.2 Å². The lowest BCUT2D eigenvalue weighted by atomic mass is 9.75. The summed E-state index contributed by atoms with van der Waals surface area (Å²) in [6.07, 6.45) is 6.10. The minimum Gasteiger partial charge on any atom is -0.369 e. The normalized spacial score (nSPS) is 29.6. The van der Waals surface area contributed by atoms with E-state index in [9.17, 15) is 9.59 Å². The number of piperidine rings is 1. The highest BCUT2D eigenvalue weighted by Crippen LogP contribution is 2.33. The van der Waals surface area contributed by atoms with Gasteiger partial charge in [0, 0.05) is 12.0 Å². The largest absolute Gasteiger partial charge is 0.369 e. The molecule has 5 heteroatoms. The van der Waals surface area contributed by atoms with Crippen LogP contribution in [-0.2, 0) is 9.59 Å². The maximum atomic E-state index is 12.6. The Balaban J connectivity index is 1.86. The number of rotatable bonds is 4. The molecule has 1 saturated heterocycles. The number of nitrogens with two attached hydrogens (primary N) is 1. The molecule has 1 heterocycles. The van der Waals surface area contributed by atoms with Gasteiger partial charge in [0.25, 0.3) is 0 Å². The first kappa shape index (κ1) is 15.3. The molecule has 2 fully saturated rings. The highest BCUT2D eigenvalue weighted by Gasteiger charge is 2.39. The van der Waals surface area contributed by atoms with Gasteiger partial charge in [0.2, 0.25) is 11.8 Å². The van der Waals surface area contributed by atoms with Crippen molar-refractivity contribution in [2.75, 3.05) is 13.1 Å². The van der Waals surface area contributed by atoms with E-state index in [2.05, 4.69) is 17.6 Å². The standard InChI is InChI=1S/C15H27N3O2/c1-2-15(7-9-17-10-8-15)14(20)18-12-5-3-11(4-6-12)13(16)19/h11-12,17H,2-10H2,1H3,(H2,16,19)(H,18,20). The second-order valence-electron chi connectivity index (χ2n) is 6.31. The summed E-state index contributed by atoms with van der Waals surface area (Å²) in [7, 11) is 0. The van der Waals surface area contributed by atoms with Crippen LogP contribution in [0.1, 0.15) is 51.9 Å². The highest BCUT2D eigenvalue weighted by atomic mass is 16.2. The maximum absolute atomic E-state index is 12.6. The van der Waals surface area contributed by atoms with Crippen molar-refractivity contribution in [1.29, 1.82) is 0 Å². The van der Waals surface area contributed by atoms with Crippen molar-refractivity contribution in [2.45, 2.75) is 57.9 Å². The second-order valence-corrected chi connectivity index (χ2v) is 6.31. The molecule has 5 nitrogen and oxygen atoms in total.